The number of carbonyl (C=O) groups excluding carboxylic acids is 1. The van der Waals surface area contributed by atoms with Crippen molar-refractivity contribution in [2.75, 3.05) is 31.6 Å². The minimum atomic E-state index is -0.217. The number of rotatable bonds is 2. The highest BCUT2D eigenvalue weighted by Gasteiger charge is 2.28. The standard InChI is InChI=1S/C11H17N5O/c1-8-3-4-10(15-14-8)16-6-5-13-7-9(16)11(17)12-2/h3-4,9,13H,5-7H2,1-2H3,(H,12,17). The Morgan fingerprint density at radius 2 is 2.35 bits per heavy atom. The molecule has 1 amide bonds. The third kappa shape index (κ3) is 2.52. The van der Waals surface area contributed by atoms with E-state index in [9.17, 15) is 4.79 Å². The molecule has 0 saturated carbocycles. The Morgan fingerprint density at radius 1 is 1.53 bits per heavy atom. The van der Waals surface area contributed by atoms with Gasteiger partial charge in [-0.2, -0.15) is 5.10 Å². The lowest BCUT2D eigenvalue weighted by Crippen LogP contribution is -2.58. The van der Waals surface area contributed by atoms with Crippen LogP contribution >= 0.6 is 0 Å². The first kappa shape index (κ1) is 11.8. The maximum atomic E-state index is 11.8. The normalized spacial score (nSPS) is 20.1. The summed E-state index contributed by atoms with van der Waals surface area (Å²) in [5, 5.41) is 14.1. The average molecular weight is 235 g/mol. The first-order valence-corrected chi connectivity index (χ1v) is 5.71. The number of nitrogens with zero attached hydrogens (tertiary/aromatic N) is 3. The first-order valence-electron chi connectivity index (χ1n) is 5.71. The van der Waals surface area contributed by atoms with Gasteiger partial charge in [0.05, 0.1) is 5.69 Å². The van der Waals surface area contributed by atoms with Crippen LogP contribution in [0.4, 0.5) is 5.82 Å². The number of carbonyl (C=O) groups is 1. The van der Waals surface area contributed by atoms with Crippen molar-refractivity contribution in [3.8, 4) is 0 Å². The van der Waals surface area contributed by atoms with Crippen LogP contribution in [0.1, 0.15) is 5.69 Å². The fraction of sp³-hybridized carbons (Fsp3) is 0.545. The van der Waals surface area contributed by atoms with E-state index in [-0.39, 0.29) is 11.9 Å². The van der Waals surface area contributed by atoms with E-state index in [0.717, 1.165) is 24.6 Å². The molecule has 17 heavy (non-hydrogen) atoms. The number of nitrogens with one attached hydrogen (secondary N) is 2. The fourth-order valence-electron chi connectivity index (χ4n) is 1.92. The smallest absolute Gasteiger partial charge is 0.243 e. The molecule has 0 radical (unpaired) electrons. The molecule has 1 aromatic rings. The van der Waals surface area contributed by atoms with Crippen molar-refractivity contribution in [2.24, 2.45) is 0 Å². The van der Waals surface area contributed by atoms with Gasteiger partial charge in [0.15, 0.2) is 5.82 Å². The third-order valence-electron chi connectivity index (χ3n) is 2.87. The molecule has 1 aliphatic heterocycles. The molecule has 0 bridgehead atoms. The van der Waals surface area contributed by atoms with Crippen molar-refractivity contribution in [2.45, 2.75) is 13.0 Å². The van der Waals surface area contributed by atoms with Crippen LogP contribution in [0.25, 0.3) is 0 Å². The topological polar surface area (TPSA) is 70.2 Å². The fourth-order valence-corrected chi connectivity index (χ4v) is 1.92. The van der Waals surface area contributed by atoms with Crippen LogP contribution in [0, 0.1) is 6.92 Å². The van der Waals surface area contributed by atoms with Gasteiger partial charge in [0.1, 0.15) is 6.04 Å². The number of anilines is 1. The molecule has 1 saturated heterocycles. The van der Waals surface area contributed by atoms with Crippen molar-refractivity contribution in [3.05, 3.63) is 17.8 Å². The molecule has 0 aromatic carbocycles. The van der Waals surface area contributed by atoms with E-state index in [1.54, 1.807) is 7.05 Å². The molecule has 1 aromatic heterocycles. The molecule has 2 rings (SSSR count). The van der Waals surface area contributed by atoms with E-state index >= 15 is 0 Å². The summed E-state index contributed by atoms with van der Waals surface area (Å²) in [6.45, 7) is 4.14. The third-order valence-corrected chi connectivity index (χ3v) is 2.87. The Morgan fingerprint density at radius 3 is 3.00 bits per heavy atom. The summed E-state index contributed by atoms with van der Waals surface area (Å²) in [7, 11) is 1.65. The summed E-state index contributed by atoms with van der Waals surface area (Å²) in [6, 6.07) is 3.60. The van der Waals surface area contributed by atoms with E-state index in [1.807, 2.05) is 24.0 Å². The molecule has 1 atom stereocenters. The predicted molar refractivity (Wildman–Crippen MR) is 64.8 cm³/mol. The van der Waals surface area contributed by atoms with Crippen LogP contribution in [0.5, 0.6) is 0 Å². The van der Waals surface area contributed by atoms with Gasteiger partial charge in [-0.25, -0.2) is 0 Å². The summed E-state index contributed by atoms with van der Waals surface area (Å²) in [4.78, 5) is 13.8. The van der Waals surface area contributed by atoms with Crippen molar-refractivity contribution in [1.82, 2.24) is 20.8 Å². The van der Waals surface area contributed by atoms with Crippen LogP contribution < -0.4 is 15.5 Å². The summed E-state index contributed by atoms with van der Waals surface area (Å²) in [5.74, 6) is 0.755. The highest BCUT2D eigenvalue weighted by molar-refractivity contribution is 5.85. The zero-order valence-electron chi connectivity index (χ0n) is 10.1. The summed E-state index contributed by atoms with van der Waals surface area (Å²) in [5.41, 5.74) is 0.875. The second-order valence-electron chi connectivity index (χ2n) is 4.06. The first-order chi connectivity index (χ1) is 8.22. The molecule has 6 heteroatoms. The van der Waals surface area contributed by atoms with E-state index in [2.05, 4.69) is 20.8 Å². The van der Waals surface area contributed by atoms with Crippen molar-refractivity contribution >= 4 is 11.7 Å². The monoisotopic (exact) mass is 235 g/mol. The van der Waals surface area contributed by atoms with E-state index in [1.165, 1.54) is 0 Å². The van der Waals surface area contributed by atoms with Gasteiger partial charge in [-0.15, -0.1) is 5.10 Å². The molecule has 1 aliphatic rings. The van der Waals surface area contributed by atoms with Crippen LogP contribution in [-0.4, -0.2) is 48.8 Å². The number of piperazine rings is 1. The largest absolute Gasteiger partial charge is 0.357 e. The van der Waals surface area contributed by atoms with Gasteiger partial charge in [0, 0.05) is 26.7 Å². The Kier molecular flexibility index (Phi) is 3.53. The molecule has 6 nitrogen and oxygen atoms in total. The summed E-state index contributed by atoms with van der Waals surface area (Å²) >= 11 is 0. The molecule has 0 aliphatic carbocycles. The van der Waals surface area contributed by atoms with Gasteiger partial charge in [0.2, 0.25) is 5.91 Å². The van der Waals surface area contributed by atoms with Crippen LogP contribution in [-0.2, 0) is 4.79 Å². The molecular weight excluding hydrogens is 218 g/mol. The highest BCUT2D eigenvalue weighted by atomic mass is 16.2. The Bertz CT molecular complexity index is 391. The zero-order valence-corrected chi connectivity index (χ0v) is 10.1. The Hall–Kier alpha value is -1.69. The maximum absolute atomic E-state index is 11.8. The maximum Gasteiger partial charge on any atom is 0.243 e. The molecule has 2 N–H and O–H groups in total. The second kappa shape index (κ2) is 5.09. The second-order valence-corrected chi connectivity index (χ2v) is 4.06. The van der Waals surface area contributed by atoms with Crippen LogP contribution in [0.2, 0.25) is 0 Å². The van der Waals surface area contributed by atoms with E-state index in [0.29, 0.717) is 6.54 Å². The number of likely N-dealkylation sites (N-methyl/N-ethyl adjacent to an activating group) is 1. The number of aromatic nitrogens is 2. The van der Waals surface area contributed by atoms with Crippen LogP contribution in [0.15, 0.2) is 12.1 Å². The lowest BCUT2D eigenvalue weighted by molar-refractivity contribution is -0.122. The van der Waals surface area contributed by atoms with Gasteiger partial charge < -0.3 is 15.5 Å². The van der Waals surface area contributed by atoms with Gasteiger partial charge >= 0.3 is 0 Å². The molecule has 0 spiro atoms. The highest BCUT2D eigenvalue weighted by Crippen LogP contribution is 2.14. The minimum Gasteiger partial charge on any atom is -0.357 e. The SMILES string of the molecule is CNC(=O)C1CNCCN1c1ccc(C)nn1. The van der Waals surface area contributed by atoms with Crippen molar-refractivity contribution in [3.63, 3.8) is 0 Å². The zero-order chi connectivity index (χ0) is 12.3. The Balaban J connectivity index is 2.21. The van der Waals surface area contributed by atoms with Gasteiger partial charge in [-0.3, -0.25) is 4.79 Å². The van der Waals surface area contributed by atoms with E-state index in [4.69, 9.17) is 0 Å². The number of aryl methyl sites for hydroxylation is 1. The van der Waals surface area contributed by atoms with E-state index < -0.39 is 0 Å². The number of hydrogen-bond donors (Lipinski definition) is 2. The lowest BCUT2D eigenvalue weighted by atomic mass is 10.1. The summed E-state index contributed by atoms with van der Waals surface area (Å²) < 4.78 is 0. The average Bonchev–Trinajstić information content (AvgIpc) is 2.39. The van der Waals surface area contributed by atoms with Crippen molar-refractivity contribution < 1.29 is 4.79 Å². The number of hydrogen-bond acceptors (Lipinski definition) is 5. The van der Waals surface area contributed by atoms with Crippen molar-refractivity contribution in [1.29, 1.82) is 0 Å². The molecular formula is C11H17N5O. The quantitative estimate of drug-likeness (QED) is 0.710. The predicted octanol–water partition coefficient (Wildman–Crippen LogP) is -0.691. The Labute approximate surface area is 100 Å². The summed E-state index contributed by atoms with van der Waals surface area (Å²) in [6.07, 6.45) is 0. The molecule has 2 heterocycles. The number of amides is 1. The minimum absolute atomic E-state index is 0.000394. The van der Waals surface area contributed by atoms with Gasteiger partial charge in [-0.05, 0) is 19.1 Å². The molecule has 1 fully saturated rings. The van der Waals surface area contributed by atoms with Gasteiger partial charge in [-0.1, -0.05) is 0 Å². The van der Waals surface area contributed by atoms with Crippen LogP contribution in [0.3, 0.4) is 0 Å². The van der Waals surface area contributed by atoms with Gasteiger partial charge in [0.25, 0.3) is 0 Å². The molecule has 92 valence electrons. The molecule has 1 unspecified atom stereocenters. The lowest BCUT2D eigenvalue weighted by Gasteiger charge is -2.35.